The topological polar surface area (TPSA) is 50.4 Å². The Bertz CT molecular complexity index is 642. The van der Waals surface area contributed by atoms with Crippen molar-refractivity contribution in [3.05, 3.63) is 46.3 Å². The third-order valence-corrected chi connectivity index (χ3v) is 3.45. The number of aliphatic hydroxyl groups is 1. The van der Waals surface area contributed by atoms with Gasteiger partial charge >= 0.3 is 0 Å². The molecule has 16 heavy (non-hydrogen) atoms. The molecule has 4 heteroatoms. The molecule has 0 amide bonds. The lowest BCUT2D eigenvalue weighted by atomic mass is 10.2. The second-order valence-electron chi connectivity index (χ2n) is 3.49. The van der Waals surface area contributed by atoms with Gasteiger partial charge in [-0.1, -0.05) is 23.9 Å². The monoisotopic (exact) mass is 232 g/mol. The van der Waals surface area contributed by atoms with E-state index >= 15 is 0 Å². The zero-order valence-electron chi connectivity index (χ0n) is 8.21. The van der Waals surface area contributed by atoms with Gasteiger partial charge in [0.1, 0.15) is 21.7 Å². The second kappa shape index (κ2) is 3.50. The van der Waals surface area contributed by atoms with Gasteiger partial charge in [0.15, 0.2) is 0 Å². The molecule has 0 spiro atoms. The third kappa shape index (κ3) is 1.38. The highest BCUT2D eigenvalue weighted by atomic mass is 32.2. The largest absolute Gasteiger partial charge is 0.455 e. The van der Waals surface area contributed by atoms with E-state index in [9.17, 15) is 9.90 Å². The van der Waals surface area contributed by atoms with Crippen LogP contribution in [0.4, 0.5) is 0 Å². The molecule has 0 saturated carbocycles. The molecule has 1 aromatic carbocycles. The fraction of sp³-hybridized carbons (Fsp3) is 0.0833. The zero-order chi connectivity index (χ0) is 11.1. The number of fused-ring (bicyclic) bond motifs is 2. The summed E-state index contributed by atoms with van der Waals surface area (Å²) in [6, 6.07) is 7.12. The summed E-state index contributed by atoms with van der Waals surface area (Å²) >= 11 is 1.12. The summed E-state index contributed by atoms with van der Waals surface area (Å²) in [4.78, 5) is 12.6. The van der Waals surface area contributed by atoms with E-state index in [4.69, 9.17) is 4.42 Å². The summed E-state index contributed by atoms with van der Waals surface area (Å²) in [6.07, 6.45) is 3.25. The molecule has 3 nitrogen and oxygen atoms in total. The third-order valence-electron chi connectivity index (χ3n) is 2.43. The summed E-state index contributed by atoms with van der Waals surface area (Å²) in [6.45, 7) is 0. The Morgan fingerprint density at radius 2 is 2.12 bits per heavy atom. The van der Waals surface area contributed by atoms with Crippen molar-refractivity contribution >= 4 is 28.8 Å². The lowest BCUT2D eigenvalue weighted by Crippen LogP contribution is -2.12. The number of aliphatic hydroxyl groups excluding tert-OH is 1. The van der Waals surface area contributed by atoms with Gasteiger partial charge < -0.3 is 9.52 Å². The fourth-order valence-electron chi connectivity index (χ4n) is 1.69. The van der Waals surface area contributed by atoms with E-state index in [1.807, 2.05) is 6.07 Å². The maximum Gasteiger partial charge on any atom is 0.206 e. The molecule has 1 aliphatic rings. The minimum Gasteiger partial charge on any atom is -0.455 e. The average molecular weight is 232 g/mol. The van der Waals surface area contributed by atoms with Gasteiger partial charge in [0.05, 0.1) is 5.39 Å². The van der Waals surface area contributed by atoms with Crippen LogP contribution in [0.15, 0.2) is 44.4 Å². The summed E-state index contributed by atoms with van der Waals surface area (Å²) in [5.41, 5.74) is -0.172. The van der Waals surface area contributed by atoms with Gasteiger partial charge in [-0.3, -0.25) is 4.79 Å². The second-order valence-corrected chi connectivity index (χ2v) is 4.62. The van der Waals surface area contributed by atoms with E-state index < -0.39 is 5.44 Å². The lowest BCUT2D eigenvalue weighted by molar-refractivity contribution is 0.309. The molecule has 1 aromatic heterocycles. The van der Waals surface area contributed by atoms with Crippen LogP contribution >= 0.6 is 11.8 Å². The minimum atomic E-state index is -0.670. The van der Waals surface area contributed by atoms with E-state index in [-0.39, 0.29) is 5.43 Å². The van der Waals surface area contributed by atoms with Gasteiger partial charge in [0, 0.05) is 0 Å². The molecule has 80 valence electrons. The van der Waals surface area contributed by atoms with Crippen molar-refractivity contribution in [2.45, 2.75) is 10.3 Å². The maximum atomic E-state index is 12.1. The molecule has 1 aliphatic heterocycles. The van der Waals surface area contributed by atoms with Gasteiger partial charge in [-0.25, -0.2) is 0 Å². The maximum absolute atomic E-state index is 12.1. The predicted molar refractivity (Wildman–Crippen MR) is 63.4 cm³/mol. The number of para-hydroxylation sites is 1. The summed E-state index contributed by atoms with van der Waals surface area (Å²) in [5.74, 6) is 0.527. The first kappa shape index (κ1) is 9.69. The normalized spacial score (nSPS) is 18.7. The van der Waals surface area contributed by atoms with Crippen LogP contribution in [0.2, 0.25) is 0 Å². The van der Waals surface area contributed by atoms with Crippen LogP contribution in [0.5, 0.6) is 0 Å². The first-order chi connectivity index (χ1) is 7.75. The molecular weight excluding hydrogens is 224 g/mol. The Labute approximate surface area is 95.4 Å². The number of benzene rings is 1. The molecule has 0 fully saturated rings. The molecule has 2 aromatic rings. The summed E-state index contributed by atoms with van der Waals surface area (Å²) in [5, 5.41) is 10.0. The molecule has 0 aliphatic carbocycles. The van der Waals surface area contributed by atoms with E-state index in [1.165, 1.54) is 0 Å². The van der Waals surface area contributed by atoms with Crippen molar-refractivity contribution in [1.82, 2.24) is 0 Å². The van der Waals surface area contributed by atoms with Crippen molar-refractivity contribution in [3.63, 3.8) is 0 Å². The predicted octanol–water partition coefficient (Wildman–Crippen LogP) is 2.23. The lowest BCUT2D eigenvalue weighted by Gasteiger charge is -2.13. The molecule has 2 heterocycles. The van der Waals surface area contributed by atoms with Crippen LogP contribution in [0, 0.1) is 0 Å². The van der Waals surface area contributed by atoms with Crippen molar-refractivity contribution in [2.75, 3.05) is 0 Å². The standard InChI is InChI=1S/C12H8O3S/c13-10-6-5-9-12(16-10)11(14)7-3-1-2-4-8(7)15-9/h1-6,10,13H. The van der Waals surface area contributed by atoms with Crippen LogP contribution in [0.3, 0.4) is 0 Å². The Balaban J connectivity index is 2.40. The van der Waals surface area contributed by atoms with E-state index in [2.05, 4.69) is 0 Å². The first-order valence-electron chi connectivity index (χ1n) is 4.84. The summed E-state index contributed by atoms with van der Waals surface area (Å²) < 4.78 is 5.59. The quantitative estimate of drug-likeness (QED) is 0.756. The Hall–Kier alpha value is -1.52. The van der Waals surface area contributed by atoms with Crippen LogP contribution in [-0.2, 0) is 0 Å². The molecule has 1 atom stereocenters. The average Bonchev–Trinajstić information content (AvgIpc) is 2.31. The van der Waals surface area contributed by atoms with Gasteiger partial charge in [-0.05, 0) is 24.3 Å². The molecule has 0 bridgehead atoms. The molecule has 1 unspecified atom stereocenters. The first-order valence-corrected chi connectivity index (χ1v) is 5.72. The molecule has 0 radical (unpaired) electrons. The fourth-order valence-corrected chi connectivity index (χ4v) is 2.53. The van der Waals surface area contributed by atoms with Crippen LogP contribution in [-0.4, -0.2) is 10.5 Å². The smallest absolute Gasteiger partial charge is 0.206 e. The Morgan fingerprint density at radius 1 is 1.31 bits per heavy atom. The van der Waals surface area contributed by atoms with Gasteiger partial charge in [0.2, 0.25) is 5.43 Å². The Morgan fingerprint density at radius 3 is 3.00 bits per heavy atom. The SMILES string of the molecule is O=c1c2c(oc3ccccc13)C=CC(O)S2. The van der Waals surface area contributed by atoms with Crippen molar-refractivity contribution in [2.24, 2.45) is 0 Å². The van der Waals surface area contributed by atoms with E-state index in [1.54, 1.807) is 30.4 Å². The number of hydrogen-bond donors (Lipinski definition) is 1. The summed E-state index contributed by atoms with van der Waals surface area (Å²) in [7, 11) is 0. The minimum absolute atomic E-state index is 0.0785. The van der Waals surface area contributed by atoms with Crippen molar-refractivity contribution in [3.8, 4) is 0 Å². The highest BCUT2D eigenvalue weighted by Crippen LogP contribution is 2.31. The molecule has 3 rings (SSSR count). The van der Waals surface area contributed by atoms with E-state index in [0.29, 0.717) is 21.6 Å². The molecular formula is C12H8O3S. The molecule has 1 N–H and O–H groups in total. The number of thioether (sulfide) groups is 1. The van der Waals surface area contributed by atoms with Gasteiger partial charge in [-0.15, -0.1) is 0 Å². The van der Waals surface area contributed by atoms with Crippen molar-refractivity contribution < 1.29 is 9.52 Å². The zero-order valence-corrected chi connectivity index (χ0v) is 9.03. The molecule has 0 saturated heterocycles. The van der Waals surface area contributed by atoms with Crippen LogP contribution < -0.4 is 5.43 Å². The Kier molecular flexibility index (Phi) is 2.12. The van der Waals surface area contributed by atoms with Crippen LogP contribution in [0.1, 0.15) is 5.76 Å². The van der Waals surface area contributed by atoms with E-state index in [0.717, 1.165) is 11.8 Å². The highest BCUT2D eigenvalue weighted by molar-refractivity contribution is 8.00. The number of hydrogen-bond acceptors (Lipinski definition) is 4. The van der Waals surface area contributed by atoms with Gasteiger partial charge in [-0.2, -0.15) is 0 Å². The van der Waals surface area contributed by atoms with Crippen LogP contribution in [0.25, 0.3) is 17.0 Å². The highest BCUT2D eigenvalue weighted by Gasteiger charge is 2.19. The van der Waals surface area contributed by atoms with Crippen molar-refractivity contribution in [1.29, 1.82) is 0 Å². The number of rotatable bonds is 0. The van der Waals surface area contributed by atoms with Gasteiger partial charge in [0.25, 0.3) is 0 Å².